The third-order valence-electron chi connectivity index (χ3n) is 2.46. The monoisotopic (exact) mass is 233 g/mol. The molecule has 1 atom stereocenters. The van der Waals surface area contributed by atoms with Gasteiger partial charge in [0.1, 0.15) is 0 Å². The molecule has 0 bridgehead atoms. The van der Waals surface area contributed by atoms with E-state index < -0.39 is 6.10 Å². The molecule has 1 aromatic heterocycles. The third-order valence-corrected chi connectivity index (χ3v) is 3.63. The van der Waals surface area contributed by atoms with Crippen molar-refractivity contribution in [1.29, 1.82) is 0 Å². The van der Waals surface area contributed by atoms with Crippen molar-refractivity contribution in [3.05, 3.63) is 51.5 Å². The summed E-state index contributed by atoms with van der Waals surface area (Å²) >= 11 is 1.58. The fourth-order valence-corrected chi connectivity index (χ4v) is 2.37. The van der Waals surface area contributed by atoms with Crippen LogP contribution in [0.3, 0.4) is 0 Å². The molecule has 1 N–H and O–H groups in total. The molecule has 0 radical (unpaired) electrons. The van der Waals surface area contributed by atoms with Crippen LogP contribution < -0.4 is 0 Å². The highest BCUT2D eigenvalue weighted by molar-refractivity contribution is 7.11. The van der Waals surface area contributed by atoms with Gasteiger partial charge in [0, 0.05) is 12.6 Å². The second kappa shape index (κ2) is 4.76. The number of hydrogen-bond acceptors (Lipinski definition) is 3. The highest BCUT2D eigenvalue weighted by Crippen LogP contribution is 2.22. The van der Waals surface area contributed by atoms with Crippen molar-refractivity contribution in [3.8, 4) is 0 Å². The van der Waals surface area contributed by atoms with Gasteiger partial charge in [0.25, 0.3) is 0 Å². The lowest BCUT2D eigenvalue weighted by Crippen LogP contribution is -1.86. The van der Waals surface area contributed by atoms with Crippen LogP contribution in [0.4, 0.5) is 0 Å². The molecule has 0 aliphatic heterocycles. The normalized spacial score (nSPS) is 12.7. The lowest BCUT2D eigenvalue weighted by Gasteiger charge is -1.99. The summed E-state index contributed by atoms with van der Waals surface area (Å²) in [6.45, 7) is 3.85. The minimum atomic E-state index is -0.413. The van der Waals surface area contributed by atoms with E-state index >= 15 is 0 Å². The van der Waals surface area contributed by atoms with Crippen LogP contribution in [0, 0.1) is 6.92 Å². The number of nitrogens with zero attached hydrogens (tertiary/aromatic N) is 1. The van der Waals surface area contributed by atoms with Crippen LogP contribution in [0.15, 0.2) is 30.5 Å². The Hall–Kier alpha value is -1.19. The molecule has 1 heterocycles. The van der Waals surface area contributed by atoms with Gasteiger partial charge >= 0.3 is 0 Å². The number of aryl methyl sites for hydroxylation is 1. The first-order chi connectivity index (χ1) is 7.65. The van der Waals surface area contributed by atoms with E-state index in [0.29, 0.717) is 0 Å². The summed E-state index contributed by atoms with van der Waals surface area (Å²) < 4.78 is 0. The smallest absolute Gasteiger partial charge is 0.0972 e. The maximum atomic E-state index is 9.41. The first-order valence-electron chi connectivity index (χ1n) is 5.33. The second-order valence-corrected chi connectivity index (χ2v) is 5.14. The lowest BCUT2D eigenvalue weighted by molar-refractivity contribution is 0.203. The van der Waals surface area contributed by atoms with Crippen molar-refractivity contribution in [1.82, 2.24) is 4.98 Å². The highest BCUT2D eigenvalue weighted by atomic mass is 32.1. The van der Waals surface area contributed by atoms with Crippen LogP contribution in [-0.4, -0.2) is 10.1 Å². The summed E-state index contributed by atoms with van der Waals surface area (Å²) in [5, 5.41) is 10.5. The van der Waals surface area contributed by atoms with Gasteiger partial charge in [-0.3, -0.25) is 0 Å². The first-order valence-corrected chi connectivity index (χ1v) is 6.15. The van der Waals surface area contributed by atoms with Gasteiger partial charge in [0.2, 0.25) is 0 Å². The Balaban J connectivity index is 2.11. The predicted octanol–water partition coefficient (Wildman–Crippen LogP) is 3.10. The molecule has 1 aromatic carbocycles. The topological polar surface area (TPSA) is 33.1 Å². The molecule has 0 aliphatic carbocycles. The predicted molar refractivity (Wildman–Crippen MR) is 66.7 cm³/mol. The molecule has 0 fully saturated rings. The molecule has 0 aliphatic rings. The molecule has 2 nitrogen and oxygen atoms in total. The quantitative estimate of drug-likeness (QED) is 0.883. The summed E-state index contributed by atoms with van der Waals surface area (Å²) in [6, 6.07) is 8.47. The van der Waals surface area contributed by atoms with Crippen molar-refractivity contribution in [2.75, 3.05) is 0 Å². The third kappa shape index (κ3) is 2.68. The van der Waals surface area contributed by atoms with Crippen LogP contribution in [0.2, 0.25) is 0 Å². The van der Waals surface area contributed by atoms with E-state index in [1.807, 2.05) is 0 Å². The van der Waals surface area contributed by atoms with E-state index in [1.165, 1.54) is 11.1 Å². The fraction of sp³-hybridized carbons (Fsp3) is 0.308. The average molecular weight is 233 g/mol. The zero-order valence-electron chi connectivity index (χ0n) is 9.47. The second-order valence-electron chi connectivity index (χ2n) is 3.99. The van der Waals surface area contributed by atoms with E-state index in [4.69, 9.17) is 0 Å². The average Bonchev–Trinajstić information content (AvgIpc) is 2.70. The van der Waals surface area contributed by atoms with E-state index in [2.05, 4.69) is 36.2 Å². The highest BCUT2D eigenvalue weighted by Gasteiger charge is 2.07. The van der Waals surface area contributed by atoms with Gasteiger partial charge in [-0.2, -0.15) is 0 Å². The van der Waals surface area contributed by atoms with Gasteiger partial charge in [0.15, 0.2) is 0 Å². The molecular weight excluding hydrogens is 218 g/mol. The summed E-state index contributed by atoms with van der Waals surface area (Å²) in [5.74, 6) is 0. The van der Waals surface area contributed by atoms with Crippen LogP contribution >= 0.6 is 11.3 Å². The molecule has 0 saturated carbocycles. The van der Waals surface area contributed by atoms with Crippen LogP contribution in [0.25, 0.3) is 0 Å². The maximum absolute atomic E-state index is 9.41. The van der Waals surface area contributed by atoms with Gasteiger partial charge in [0.05, 0.1) is 16.0 Å². The molecule has 0 saturated heterocycles. The van der Waals surface area contributed by atoms with Crippen LogP contribution in [0.5, 0.6) is 0 Å². The van der Waals surface area contributed by atoms with Gasteiger partial charge in [-0.25, -0.2) is 4.98 Å². The number of aliphatic hydroxyl groups is 1. The van der Waals surface area contributed by atoms with Gasteiger partial charge in [-0.15, -0.1) is 11.3 Å². The molecule has 1 unspecified atom stereocenters. The van der Waals surface area contributed by atoms with E-state index in [9.17, 15) is 5.11 Å². The Morgan fingerprint density at radius 3 is 2.56 bits per heavy atom. The zero-order valence-corrected chi connectivity index (χ0v) is 10.3. The molecule has 2 aromatic rings. The number of aromatic nitrogens is 1. The maximum Gasteiger partial charge on any atom is 0.0972 e. The lowest BCUT2D eigenvalue weighted by atomic mass is 10.1. The minimum Gasteiger partial charge on any atom is -0.388 e. The number of rotatable bonds is 3. The Bertz CT molecular complexity index is 459. The zero-order chi connectivity index (χ0) is 11.5. The van der Waals surface area contributed by atoms with Crippen molar-refractivity contribution >= 4 is 11.3 Å². The minimum absolute atomic E-state index is 0.413. The summed E-state index contributed by atoms with van der Waals surface area (Å²) in [5.41, 5.74) is 2.53. The Morgan fingerprint density at radius 2 is 2.00 bits per heavy atom. The summed E-state index contributed by atoms with van der Waals surface area (Å²) in [7, 11) is 0. The van der Waals surface area contributed by atoms with Crippen LogP contribution in [-0.2, 0) is 6.42 Å². The first kappa shape index (κ1) is 11.3. The Morgan fingerprint density at radius 1 is 1.31 bits per heavy atom. The summed E-state index contributed by atoms with van der Waals surface area (Å²) in [6.07, 6.45) is 2.19. The van der Waals surface area contributed by atoms with Crippen molar-refractivity contribution in [2.24, 2.45) is 0 Å². The van der Waals surface area contributed by atoms with Gasteiger partial charge in [-0.1, -0.05) is 29.8 Å². The largest absolute Gasteiger partial charge is 0.388 e. The molecule has 0 amide bonds. The fourth-order valence-electron chi connectivity index (χ4n) is 1.48. The molecule has 3 heteroatoms. The van der Waals surface area contributed by atoms with E-state index in [-0.39, 0.29) is 0 Å². The Kier molecular flexibility index (Phi) is 3.36. The van der Waals surface area contributed by atoms with E-state index in [0.717, 1.165) is 16.3 Å². The molecular formula is C13H15NOS. The van der Waals surface area contributed by atoms with Gasteiger partial charge in [-0.05, 0) is 19.4 Å². The molecule has 16 heavy (non-hydrogen) atoms. The van der Waals surface area contributed by atoms with Crippen molar-refractivity contribution in [3.63, 3.8) is 0 Å². The number of thiazole rings is 1. The van der Waals surface area contributed by atoms with Crippen molar-refractivity contribution in [2.45, 2.75) is 26.4 Å². The molecule has 84 valence electrons. The Labute approximate surface area is 99.6 Å². The van der Waals surface area contributed by atoms with E-state index in [1.54, 1.807) is 24.5 Å². The van der Waals surface area contributed by atoms with Crippen molar-refractivity contribution < 1.29 is 5.11 Å². The SMILES string of the molecule is Cc1ccc(Cc2ncc(C(C)O)s2)cc1. The molecule has 2 rings (SSSR count). The standard InChI is InChI=1S/C13H15NOS/c1-9-3-5-11(6-4-9)7-13-14-8-12(16-13)10(2)15/h3-6,8,10,15H,7H2,1-2H3. The summed E-state index contributed by atoms with van der Waals surface area (Å²) in [4.78, 5) is 5.25. The molecule has 0 spiro atoms. The van der Waals surface area contributed by atoms with Crippen LogP contribution in [0.1, 0.15) is 34.0 Å². The number of hydrogen-bond donors (Lipinski definition) is 1. The number of benzene rings is 1. The number of aliphatic hydroxyl groups excluding tert-OH is 1. The van der Waals surface area contributed by atoms with Gasteiger partial charge < -0.3 is 5.11 Å².